The van der Waals surface area contributed by atoms with Crippen molar-refractivity contribution in [3.63, 3.8) is 0 Å². The number of nitrogens with zero attached hydrogens (tertiary/aromatic N) is 2. The fourth-order valence-electron chi connectivity index (χ4n) is 3.86. The van der Waals surface area contributed by atoms with Crippen LogP contribution in [0.3, 0.4) is 0 Å². The quantitative estimate of drug-likeness (QED) is 0.421. The van der Waals surface area contributed by atoms with Gasteiger partial charge >= 0.3 is 0 Å². The Labute approximate surface area is 204 Å². The molecule has 0 saturated carbocycles. The molecule has 3 aromatic rings. The Kier molecular flexibility index (Phi) is 7.53. The van der Waals surface area contributed by atoms with E-state index in [2.05, 4.69) is 13.0 Å². The third kappa shape index (κ3) is 5.42. The first-order valence-electron chi connectivity index (χ1n) is 11.5. The van der Waals surface area contributed by atoms with Crippen molar-refractivity contribution in [3.8, 4) is 11.5 Å². The van der Waals surface area contributed by atoms with Crippen molar-refractivity contribution >= 4 is 23.2 Å². The van der Waals surface area contributed by atoms with Crippen LogP contribution in [0, 0.1) is 6.92 Å². The second-order valence-electron chi connectivity index (χ2n) is 8.52. The van der Waals surface area contributed by atoms with Crippen LogP contribution in [0.2, 0.25) is 0 Å². The van der Waals surface area contributed by atoms with E-state index in [9.17, 15) is 9.59 Å². The average Bonchev–Trinajstić information content (AvgIpc) is 3.49. The van der Waals surface area contributed by atoms with E-state index in [-0.39, 0.29) is 31.2 Å². The minimum atomic E-state index is -0.187. The number of thiophene rings is 1. The molecule has 1 aliphatic heterocycles. The number of rotatable bonds is 9. The van der Waals surface area contributed by atoms with Gasteiger partial charge in [-0.05, 0) is 61.0 Å². The molecule has 178 valence electrons. The van der Waals surface area contributed by atoms with E-state index in [1.165, 1.54) is 5.56 Å². The number of aryl methyl sites for hydroxylation is 1. The second kappa shape index (κ2) is 10.7. The van der Waals surface area contributed by atoms with Crippen molar-refractivity contribution < 1.29 is 19.1 Å². The van der Waals surface area contributed by atoms with E-state index in [1.807, 2.05) is 54.5 Å². The SMILES string of the molecule is CCC(C)N(CC(=O)N(Cc1ccccc1)Cc1sccc1C)C(=O)c1ccc2c(c1)OCO2. The summed E-state index contributed by atoms with van der Waals surface area (Å²) >= 11 is 1.65. The fraction of sp³-hybridized carbons (Fsp3) is 0.333. The molecule has 0 saturated heterocycles. The van der Waals surface area contributed by atoms with Gasteiger partial charge in [-0.3, -0.25) is 9.59 Å². The molecule has 0 spiro atoms. The molecule has 2 heterocycles. The molecule has 2 aromatic carbocycles. The zero-order chi connectivity index (χ0) is 24.1. The molecular formula is C27H30N2O4S. The molecule has 4 rings (SSSR count). The molecule has 2 amide bonds. The van der Waals surface area contributed by atoms with E-state index >= 15 is 0 Å². The van der Waals surface area contributed by atoms with Crippen LogP contribution in [-0.2, 0) is 17.9 Å². The van der Waals surface area contributed by atoms with Gasteiger partial charge in [-0.1, -0.05) is 37.3 Å². The second-order valence-corrected chi connectivity index (χ2v) is 9.52. The topological polar surface area (TPSA) is 59.1 Å². The number of carbonyl (C=O) groups excluding carboxylic acids is 2. The lowest BCUT2D eigenvalue weighted by atomic mass is 10.1. The zero-order valence-corrected chi connectivity index (χ0v) is 20.6. The number of benzene rings is 2. The first-order valence-corrected chi connectivity index (χ1v) is 12.4. The van der Waals surface area contributed by atoms with Crippen LogP contribution in [0.25, 0.3) is 0 Å². The Bertz CT molecular complexity index is 1140. The first-order chi connectivity index (χ1) is 16.5. The van der Waals surface area contributed by atoms with Crippen molar-refractivity contribution in [3.05, 3.63) is 81.5 Å². The van der Waals surface area contributed by atoms with E-state index in [0.29, 0.717) is 30.2 Å². The minimum absolute atomic E-state index is 0.0134. The maximum Gasteiger partial charge on any atom is 0.254 e. The molecule has 0 radical (unpaired) electrons. The third-order valence-electron chi connectivity index (χ3n) is 6.18. The third-order valence-corrected chi connectivity index (χ3v) is 7.19. The molecule has 0 fully saturated rings. The summed E-state index contributed by atoms with van der Waals surface area (Å²) < 4.78 is 10.8. The van der Waals surface area contributed by atoms with Gasteiger partial charge in [-0.25, -0.2) is 0 Å². The fourth-order valence-corrected chi connectivity index (χ4v) is 4.79. The number of hydrogen-bond donors (Lipinski definition) is 0. The lowest BCUT2D eigenvalue weighted by Crippen LogP contribution is -2.46. The lowest BCUT2D eigenvalue weighted by Gasteiger charge is -2.31. The molecule has 0 N–H and O–H groups in total. The Hall–Kier alpha value is -3.32. The lowest BCUT2D eigenvalue weighted by molar-refractivity contribution is -0.133. The summed E-state index contributed by atoms with van der Waals surface area (Å²) in [5, 5.41) is 2.05. The number of hydrogen-bond acceptors (Lipinski definition) is 5. The van der Waals surface area contributed by atoms with Gasteiger partial charge < -0.3 is 19.3 Å². The van der Waals surface area contributed by atoms with Gasteiger partial charge in [0.15, 0.2) is 11.5 Å². The maximum absolute atomic E-state index is 13.6. The summed E-state index contributed by atoms with van der Waals surface area (Å²) in [6.07, 6.45) is 0.742. The summed E-state index contributed by atoms with van der Waals surface area (Å²) in [6, 6.07) is 17.1. The molecule has 1 aromatic heterocycles. The standard InChI is InChI=1S/C27H30N2O4S/c1-4-20(3)29(27(31)22-10-11-23-24(14-22)33-18-32-23)17-26(30)28(15-21-8-6-5-7-9-21)16-25-19(2)12-13-34-25/h5-14,20H,4,15-18H2,1-3H3. The molecule has 1 atom stereocenters. The van der Waals surface area contributed by atoms with Crippen LogP contribution in [-0.4, -0.2) is 41.0 Å². The Morgan fingerprint density at radius 3 is 2.50 bits per heavy atom. The van der Waals surface area contributed by atoms with E-state index < -0.39 is 0 Å². The van der Waals surface area contributed by atoms with Crippen LogP contribution in [0.15, 0.2) is 60.0 Å². The van der Waals surface area contributed by atoms with E-state index in [4.69, 9.17) is 9.47 Å². The van der Waals surface area contributed by atoms with Gasteiger partial charge in [0.2, 0.25) is 12.7 Å². The van der Waals surface area contributed by atoms with Gasteiger partial charge in [-0.15, -0.1) is 11.3 Å². The Morgan fingerprint density at radius 2 is 1.79 bits per heavy atom. The summed E-state index contributed by atoms with van der Waals surface area (Å²) in [5.74, 6) is 0.919. The highest BCUT2D eigenvalue weighted by molar-refractivity contribution is 7.10. The normalized spacial score (nSPS) is 12.9. The van der Waals surface area contributed by atoms with Crippen LogP contribution in [0.1, 0.15) is 46.6 Å². The average molecular weight is 479 g/mol. The van der Waals surface area contributed by atoms with Gasteiger partial charge in [0.25, 0.3) is 5.91 Å². The van der Waals surface area contributed by atoms with Gasteiger partial charge in [0.1, 0.15) is 6.54 Å². The zero-order valence-electron chi connectivity index (χ0n) is 19.8. The van der Waals surface area contributed by atoms with E-state index in [0.717, 1.165) is 16.9 Å². The van der Waals surface area contributed by atoms with Gasteiger partial charge in [0, 0.05) is 23.0 Å². The predicted octanol–water partition coefficient (Wildman–Crippen LogP) is 5.25. The summed E-state index contributed by atoms with van der Waals surface area (Å²) in [7, 11) is 0. The predicted molar refractivity (Wildman–Crippen MR) is 133 cm³/mol. The molecule has 0 aliphatic carbocycles. The summed E-state index contributed by atoms with van der Waals surface area (Å²) in [6.45, 7) is 7.23. The smallest absolute Gasteiger partial charge is 0.254 e. The highest BCUT2D eigenvalue weighted by Crippen LogP contribution is 2.33. The summed E-state index contributed by atoms with van der Waals surface area (Å²) in [5.41, 5.74) is 2.72. The number of amides is 2. The number of ether oxygens (including phenoxy) is 2. The van der Waals surface area contributed by atoms with Crippen LogP contribution < -0.4 is 9.47 Å². The number of fused-ring (bicyclic) bond motifs is 1. The largest absolute Gasteiger partial charge is 0.454 e. The number of carbonyl (C=O) groups is 2. The van der Waals surface area contributed by atoms with E-state index in [1.54, 1.807) is 34.4 Å². The molecule has 0 bridgehead atoms. The van der Waals surface area contributed by atoms with Crippen molar-refractivity contribution in [1.82, 2.24) is 9.80 Å². The minimum Gasteiger partial charge on any atom is -0.454 e. The van der Waals surface area contributed by atoms with Gasteiger partial charge in [0.05, 0.1) is 6.54 Å². The van der Waals surface area contributed by atoms with Crippen LogP contribution >= 0.6 is 11.3 Å². The van der Waals surface area contributed by atoms with Crippen molar-refractivity contribution in [2.75, 3.05) is 13.3 Å². The molecule has 34 heavy (non-hydrogen) atoms. The van der Waals surface area contributed by atoms with Crippen molar-refractivity contribution in [1.29, 1.82) is 0 Å². The van der Waals surface area contributed by atoms with Crippen molar-refractivity contribution in [2.45, 2.75) is 46.3 Å². The molecule has 1 aliphatic rings. The highest BCUT2D eigenvalue weighted by Gasteiger charge is 2.27. The van der Waals surface area contributed by atoms with Gasteiger partial charge in [-0.2, -0.15) is 0 Å². The van der Waals surface area contributed by atoms with Crippen LogP contribution in [0.5, 0.6) is 11.5 Å². The Balaban J connectivity index is 1.56. The molecule has 1 unspecified atom stereocenters. The monoisotopic (exact) mass is 478 g/mol. The highest BCUT2D eigenvalue weighted by atomic mass is 32.1. The first kappa shape index (κ1) is 23.8. The molecule has 7 heteroatoms. The molecule has 6 nitrogen and oxygen atoms in total. The Morgan fingerprint density at radius 1 is 1.03 bits per heavy atom. The maximum atomic E-state index is 13.6. The summed E-state index contributed by atoms with van der Waals surface area (Å²) in [4.78, 5) is 31.8. The molecular weight excluding hydrogens is 448 g/mol. The van der Waals surface area contributed by atoms with Crippen molar-refractivity contribution in [2.24, 2.45) is 0 Å². The van der Waals surface area contributed by atoms with Crippen LogP contribution in [0.4, 0.5) is 0 Å².